The van der Waals surface area contributed by atoms with Gasteiger partial charge in [-0.1, -0.05) is 34.6 Å². The number of aryl methyl sites for hydroxylation is 2. The maximum atomic E-state index is 12.2. The molecule has 0 aliphatic carbocycles. The van der Waals surface area contributed by atoms with Crippen LogP contribution >= 0.6 is 0 Å². The molecule has 0 saturated heterocycles. The Morgan fingerprint density at radius 3 is 1.19 bits per heavy atom. The minimum Gasteiger partial charge on any atom is -0.460 e. The third-order valence-corrected chi connectivity index (χ3v) is 8.18. The smallest absolute Gasteiger partial charge is 0.460 e. The highest BCUT2D eigenvalue weighted by atomic mass is 19.4. The summed E-state index contributed by atoms with van der Waals surface area (Å²) in [6.07, 6.45) is -6.61. The second kappa shape index (κ2) is 16.6. The molecular formula is C40H30F6N4O8. The Bertz CT molecular complexity index is 2190. The predicted octanol–water partition coefficient (Wildman–Crippen LogP) is 10.8. The largest absolute Gasteiger partial charge is 0.573 e. The first-order valence-corrected chi connectivity index (χ1v) is 17.3. The number of benzene rings is 2. The Morgan fingerprint density at radius 1 is 0.500 bits per heavy atom. The lowest BCUT2D eigenvalue weighted by atomic mass is 10.1. The van der Waals surface area contributed by atoms with Crippen molar-refractivity contribution in [1.29, 1.82) is 0 Å². The first kappa shape index (κ1) is 39.3. The number of nitrogens with zero attached hydrogens (tertiary/aromatic N) is 4. The van der Waals surface area contributed by atoms with Crippen LogP contribution in [0.4, 0.5) is 26.3 Å². The van der Waals surface area contributed by atoms with E-state index >= 15 is 0 Å². The average molecular weight is 809 g/mol. The van der Waals surface area contributed by atoms with Crippen molar-refractivity contribution in [3.8, 4) is 45.9 Å². The number of ether oxygens (including phenoxy) is 4. The molecule has 6 aromatic rings. The maximum Gasteiger partial charge on any atom is 0.573 e. The summed E-state index contributed by atoms with van der Waals surface area (Å²) in [7, 11) is 0. The van der Waals surface area contributed by atoms with Crippen molar-refractivity contribution in [2.75, 3.05) is 0 Å². The van der Waals surface area contributed by atoms with Crippen LogP contribution in [0, 0.1) is 13.8 Å². The van der Waals surface area contributed by atoms with Crippen LogP contribution in [0.15, 0.2) is 129 Å². The van der Waals surface area contributed by atoms with E-state index in [0.29, 0.717) is 70.2 Å². The molecule has 0 N–H and O–H groups in total. The number of oxime groups is 2. The van der Waals surface area contributed by atoms with Crippen molar-refractivity contribution in [3.05, 3.63) is 132 Å². The Labute approximate surface area is 325 Å². The molecule has 2 aliphatic heterocycles. The Balaban J connectivity index is 0.000000177. The van der Waals surface area contributed by atoms with Gasteiger partial charge in [-0.25, -0.2) is 9.97 Å². The molecule has 8 rings (SSSR count). The van der Waals surface area contributed by atoms with Crippen molar-refractivity contribution in [3.63, 3.8) is 0 Å². The van der Waals surface area contributed by atoms with Gasteiger partial charge in [-0.05, 0) is 97.8 Å². The molecule has 0 saturated carbocycles. The summed E-state index contributed by atoms with van der Waals surface area (Å²) < 4.78 is 103. The van der Waals surface area contributed by atoms with Gasteiger partial charge in [0.15, 0.2) is 23.7 Å². The summed E-state index contributed by atoms with van der Waals surface area (Å²) in [5.74, 6) is 3.96. The molecule has 58 heavy (non-hydrogen) atoms. The molecule has 6 heterocycles. The number of pyridine rings is 2. The van der Waals surface area contributed by atoms with Crippen LogP contribution in [0.5, 0.6) is 23.0 Å². The second-order valence-corrected chi connectivity index (χ2v) is 12.6. The zero-order chi connectivity index (χ0) is 40.9. The number of furan rings is 2. The fraction of sp³-hybridized carbons (Fsp3) is 0.200. The molecule has 0 spiro atoms. The molecule has 12 nitrogen and oxygen atoms in total. The van der Waals surface area contributed by atoms with Crippen LogP contribution in [0.2, 0.25) is 0 Å². The van der Waals surface area contributed by atoms with E-state index < -0.39 is 24.9 Å². The number of aromatic nitrogens is 2. The summed E-state index contributed by atoms with van der Waals surface area (Å²) in [6, 6.07) is 25.3. The van der Waals surface area contributed by atoms with Crippen molar-refractivity contribution < 1.29 is 63.8 Å². The molecule has 0 bridgehead atoms. The van der Waals surface area contributed by atoms with E-state index in [0.717, 1.165) is 11.5 Å². The standard InChI is InChI=1S/2C20H15F3N2O4/c2*1-12-2-9-17(26-12)16-8-7-15(11-24-16)27-19-10-18(29-25-19)13-3-5-14(6-4-13)28-20(21,22)23/h2*2-9,11,18H,10H2,1H3/t2*18-/m10/s1. The first-order chi connectivity index (χ1) is 27.7. The fourth-order valence-corrected chi connectivity index (χ4v) is 5.55. The van der Waals surface area contributed by atoms with Gasteiger partial charge in [0, 0.05) is 0 Å². The fourth-order valence-electron chi connectivity index (χ4n) is 5.55. The summed E-state index contributed by atoms with van der Waals surface area (Å²) >= 11 is 0. The van der Waals surface area contributed by atoms with E-state index in [-0.39, 0.29) is 11.5 Å². The molecule has 0 unspecified atom stereocenters. The van der Waals surface area contributed by atoms with Crippen LogP contribution in [-0.2, 0) is 9.68 Å². The molecule has 0 radical (unpaired) electrons. The predicted molar refractivity (Wildman–Crippen MR) is 193 cm³/mol. The summed E-state index contributed by atoms with van der Waals surface area (Å²) in [4.78, 5) is 19.2. The number of hydrogen-bond donors (Lipinski definition) is 0. The van der Waals surface area contributed by atoms with Gasteiger partial charge in [-0.3, -0.25) is 0 Å². The lowest BCUT2D eigenvalue weighted by Gasteiger charge is -2.11. The molecule has 2 atom stereocenters. The number of hydrogen-bond acceptors (Lipinski definition) is 12. The van der Waals surface area contributed by atoms with Gasteiger partial charge in [-0.15, -0.1) is 26.3 Å². The second-order valence-electron chi connectivity index (χ2n) is 12.6. The molecule has 300 valence electrons. The van der Waals surface area contributed by atoms with Crippen LogP contribution in [0.3, 0.4) is 0 Å². The third kappa shape index (κ3) is 10.7. The Kier molecular flexibility index (Phi) is 11.3. The normalized spacial score (nSPS) is 16.3. The topological polar surface area (TPSA) is 132 Å². The molecule has 0 amide bonds. The van der Waals surface area contributed by atoms with Crippen LogP contribution < -0.4 is 18.9 Å². The lowest BCUT2D eigenvalue weighted by molar-refractivity contribution is -0.275. The van der Waals surface area contributed by atoms with Crippen molar-refractivity contribution in [1.82, 2.24) is 9.97 Å². The molecule has 2 aromatic carbocycles. The quantitative estimate of drug-likeness (QED) is 0.137. The summed E-state index contributed by atoms with van der Waals surface area (Å²) in [5.41, 5.74) is 2.66. The summed E-state index contributed by atoms with van der Waals surface area (Å²) in [5, 5.41) is 7.78. The van der Waals surface area contributed by atoms with E-state index in [2.05, 4.69) is 29.8 Å². The van der Waals surface area contributed by atoms with Crippen LogP contribution in [0.1, 0.15) is 47.7 Å². The van der Waals surface area contributed by atoms with Gasteiger partial charge in [-0.2, -0.15) is 0 Å². The van der Waals surface area contributed by atoms with E-state index in [9.17, 15) is 26.3 Å². The minimum absolute atomic E-state index is 0.297. The van der Waals surface area contributed by atoms with Crippen molar-refractivity contribution in [2.24, 2.45) is 10.3 Å². The van der Waals surface area contributed by atoms with Gasteiger partial charge < -0.3 is 37.5 Å². The van der Waals surface area contributed by atoms with Gasteiger partial charge in [0.25, 0.3) is 0 Å². The van der Waals surface area contributed by atoms with Crippen molar-refractivity contribution >= 4 is 11.8 Å². The average Bonchev–Trinajstić information content (AvgIpc) is 4.02. The molecule has 4 aromatic heterocycles. The highest BCUT2D eigenvalue weighted by Crippen LogP contribution is 2.33. The zero-order valence-electron chi connectivity index (χ0n) is 30.3. The van der Waals surface area contributed by atoms with Crippen molar-refractivity contribution in [2.45, 2.75) is 51.6 Å². The minimum atomic E-state index is -4.73. The first-order valence-electron chi connectivity index (χ1n) is 17.3. The molecule has 0 fully saturated rings. The molecular weight excluding hydrogens is 778 g/mol. The molecule has 2 aliphatic rings. The SMILES string of the molecule is Cc1ccc(-c2ccc(OC3=NO[C@@H](c4ccc(OC(F)(F)F)cc4)C3)cn2)o1.Cc1ccc(-c2ccc(OC3=NO[C@H](c4ccc(OC(F)(F)F)cc4)C3)cn2)o1. The van der Waals surface area contributed by atoms with Gasteiger partial charge >= 0.3 is 12.7 Å². The van der Waals surface area contributed by atoms with Crippen LogP contribution in [-0.4, -0.2) is 34.5 Å². The lowest BCUT2D eigenvalue weighted by Crippen LogP contribution is -2.17. The van der Waals surface area contributed by atoms with Gasteiger partial charge in [0.2, 0.25) is 11.8 Å². The van der Waals surface area contributed by atoms with E-state index in [1.165, 1.54) is 48.5 Å². The van der Waals surface area contributed by atoms with E-state index in [1.807, 2.05) is 38.1 Å². The molecule has 18 heteroatoms. The van der Waals surface area contributed by atoms with E-state index in [1.54, 1.807) is 36.7 Å². The monoisotopic (exact) mass is 808 g/mol. The van der Waals surface area contributed by atoms with Gasteiger partial charge in [0.05, 0.1) is 25.2 Å². The Hall–Kier alpha value is -6.98. The third-order valence-electron chi connectivity index (χ3n) is 8.18. The van der Waals surface area contributed by atoms with Crippen LogP contribution in [0.25, 0.3) is 22.9 Å². The highest BCUT2D eigenvalue weighted by Gasteiger charge is 2.33. The Morgan fingerprint density at radius 2 is 0.879 bits per heavy atom. The zero-order valence-corrected chi connectivity index (χ0v) is 30.3. The van der Waals surface area contributed by atoms with Gasteiger partial charge in [0.1, 0.15) is 45.9 Å². The summed E-state index contributed by atoms with van der Waals surface area (Å²) in [6.45, 7) is 3.71. The van der Waals surface area contributed by atoms with E-state index in [4.69, 9.17) is 28.0 Å². The number of alkyl halides is 6. The maximum absolute atomic E-state index is 12.2. The highest BCUT2D eigenvalue weighted by molar-refractivity contribution is 5.80. The number of halogens is 6. The number of rotatable bonds is 8.